The van der Waals surface area contributed by atoms with Gasteiger partial charge in [0, 0.05) is 13.0 Å². The van der Waals surface area contributed by atoms with E-state index in [0.717, 1.165) is 12.1 Å². The lowest BCUT2D eigenvalue weighted by Crippen LogP contribution is -2.33. The van der Waals surface area contributed by atoms with Gasteiger partial charge >= 0.3 is 18.2 Å². The topological polar surface area (TPSA) is 66.8 Å². The third-order valence-electron chi connectivity index (χ3n) is 3.37. The van der Waals surface area contributed by atoms with Gasteiger partial charge in [0.15, 0.2) is 0 Å². The number of carbonyl (C=O) groups is 2. The number of benzene rings is 1. The summed E-state index contributed by atoms with van der Waals surface area (Å²) in [6, 6.07) is 4.23. The quantitative estimate of drug-likeness (QED) is 0.907. The molecule has 8 heteroatoms. The molecule has 0 radical (unpaired) electrons. The number of cyclic esters (lactones) is 1. The predicted molar refractivity (Wildman–Crippen MR) is 69.0 cm³/mol. The van der Waals surface area contributed by atoms with E-state index >= 15 is 0 Å². The number of rotatable bonds is 5. The third-order valence-corrected chi connectivity index (χ3v) is 3.37. The first-order chi connectivity index (χ1) is 10.3. The first kappa shape index (κ1) is 16.1. The van der Waals surface area contributed by atoms with E-state index in [9.17, 15) is 22.8 Å². The molecule has 1 aliphatic rings. The SMILES string of the molecule is O=C(O)CCC1COC(=O)N1Cc1cccc(C(F)(F)F)c1. The zero-order valence-electron chi connectivity index (χ0n) is 11.5. The fraction of sp³-hybridized carbons (Fsp3) is 0.429. The van der Waals surface area contributed by atoms with Gasteiger partial charge in [-0.05, 0) is 24.1 Å². The summed E-state index contributed by atoms with van der Waals surface area (Å²) in [6.07, 6.45) is -5.04. The molecule has 0 aliphatic carbocycles. The van der Waals surface area contributed by atoms with Crippen molar-refractivity contribution in [3.8, 4) is 0 Å². The Balaban J connectivity index is 2.10. The molecule has 1 N–H and O–H groups in total. The summed E-state index contributed by atoms with van der Waals surface area (Å²) in [6.45, 7) is -0.00187. The lowest BCUT2D eigenvalue weighted by atomic mass is 10.1. The summed E-state index contributed by atoms with van der Waals surface area (Å²) < 4.78 is 42.9. The fourth-order valence-corrected chi connectivity index (χ4v) is 2.26. The molecule has 1 aromatic rings. The van der Waals surface area contributed by atoms with Crippen LogP contribution in [-0.2, 0) is 22.3 Å². The van der Waals surface area contributed by atoms with Crippen molar-refractivity contribution in [1.29, 1.82) is 0 Å². The van der Waals surface area contributed by atoms with E-state index in [1.807, 2.05) is 0 Å². The molecule has 1 fully saturated rings. The molecule has 1 aliphatic heterocycles. The van der Waals surface area contributed by atoms with E-state index in [0.29, 0.717) is 5.56 Å². The second-order valence-electron chi connectivity index (χ2n) is 4.99. The van der Waals surface area contributed by atoms with Crippen molar-refractivity contribution < 1.29 is 32.6 Å². The van der Waals surface area contributed by atoms with Crippen LogP contribution < -0.4 is 0 Å². The summed E-state index contributed by atoms with van der Waals surface area (Å²) in [5.74, 6) is -1.00. The molecule has 0 spiro atoms. The standard InChI is InChI=1S/C14H14F3NO4/c15-14(16,17)10-3-1-2-9(6-10)7-18-11(4-5-12(19)20)8-22-13(18)21/h1-3,6,11H,4-5,7-8H2,(H,19,20). The van der Waals surface area contributed by atoms with E-state index in [4.69, 9.17) is 9.84 Å². The number of hydrogen-bond acceptors (Lipinski definition) is 3. The van der Waals surface area contributed by atoms with Crippen LogP contribution in [0.1, 0.15) is 24.0 Å². The normalized spacial score (nSPS) is 18.4. The number of carboxylic acids is 1. The minimum atomic E-state index is -4.45. The largest absolute Gasteiger partial charge is 0.481 e. The zero-order chi connectivity index (χ0) is 16.3. The highest BCUT2D eigenvalue weighted by molar-refractivity contribution is 5.71. The number of amides is 1. The Morgan fingerprint density at radius 1 is 1.41 bits per heavy atom. The van der Waals surface area contributed by atoms with Crippen LogP contribution in [0.3, 0.4) is 0 Å². The second kappa shape index (κ2) is 6.25. The van der Waals surface area contributed by atoms with Gasteiger partial charge in [-0.15, -0.1) is 0 Å². The van der Waals surface area contributed by atoms with Crippen molar-refractivity contribution >= 4 is 12.1 Å². The Morgan fingerprint density at radius 3 is 2.77 bits per heavy atom. The van der Waals surface area contributed by atoms with Gasteiger partial charge in [-0.1, -0.05) is 12.1 Å². The highest BCUT2D eigenvalue weighted by atomic mass is 19.4. The molecule has 1 aromatic carbocycles. The Labute approximate surface area is 124 Å². The fourth-order valence-electron chi connectivity index (χ4n) is 2.26. The van der Waals surface area contributed by atoms with Crippen LogP contribution in [0.5, 0.6) is 0 Å². The average molecular weight is 317 g/mol. The van der Waals surface area contributed by atoms with Crippen molar-refractivity contribution in [1.82, 2.24) is 4.90 Å². The molecule has 2 rings (SSSR count). The van der Waals surface area contributed by atoms with E-state index in [1.54, 1.807) is 0 Å². The molecule has 1 heterocycles. The Bertz CT molecular complexity index is 573. The highest BCUT2D eigenvalue weighted by Gasteiger charge is 2.34. The minimum Gasteiger partial charge on any atom is -0.481 e. The first-order valence-corrected chi connectivity index (χ1v) is 6.58. The maximum Gasteiger partial charge on any atom is 0.416 e. The average Bonchev–Trinajstić information content (AvgIpc) is 2.77. The number of carboxylic acid groups (broad SMARTS) is 1. The molecular formula is C14H14F3NO4. The molecule has 1 saturated heterocycles. The van der Waals surface area contributed by atoms with Gasteiger partial charge in [0.1, 0.15) is 6.61 Å². The summed E-state index contributed by atoms with van der Waals surface area (Å²) in [5.41, 5.74) is -0.478. The third kappa shape index (κ3) is 3.90. The summed E-state index contributed by atoms with van der Waals surface area (Å²) >= 11 is 0. The van der Waals surface area contributed by atoms with Crippen LogP contribution in [0.2, 0.25) is 0 Å². The highest BCUT2D eigenvalue weighted by Crippen LogP contribution is 2.30. The number of aliphatic carboxylic acids is 1. The minimum absolute atomic E-state index is 0.0467. The number of halogens is 3. The molecule has 5 nitrogen and oxygen atoms in total. The number of ether oxygens (including phenoxy) is 1. The Hall–Kier alpha value is -2.25. The van der Waals surface area contributed by atoms with Crippen LogP contribution in [0.15, 0.2) is 24.3 Å². The number of carbonyl (C=O) groups excluding carboxylic acids is 1. The monoisotopic (exact) mass is 317 g/mol. The second-order valence-corrected chi connectivity index (χ2v) is 4.99. The number of nitrogens with zero attached hydrogens (tertiary/aromatic N) is 1. The van der Waals surface area contributed by atoms with Crippen molar-refractivity contribution in [3.05, 3.63) is 35.4 Å². The zero-order valence-corrected chi connectivity index (χ0v) is 11.5. The molecule has 120 valence electrons. The lowest BCUT2D eigenvalue weighted by molar-refractivity contribution is -0.138. The van der Waals surface area contributed by atoms with Crippen LogP contribution in [0, 0.1) is 0 Å². The molecule has 1 amide bonds. The summed E-state index contributed by atoms with van der Waals surface area (Å²) in [4.78, 5) is 23.5. The van der Waals surface area contributed by atoms with E-state index in [1.165, 1.54) is 17.0 Å². The first-order valence-electron chi connectivity index (χ1n) is 6.58. The molecule has 1 atom stereocenters. The van der Waals surface area contributed by atoms with E-state index in [2.05, 4.69) is 0 Å². The summed E-state index contributed by atoms with van der Waals surface area (Å²) in [5, 5.41) is 8.67. The molecule has 0 saturated carbocycles. The molecular weight excluding hydrogens is 303 g/mol. The number of hydrogen-bond donors (Lipinski definition) is 1. The number of alkyl halides is 3. The van der Waals surface area contributed by atoms with Gasteiger partial charge in [0.05, 0.1) is 11.6 Å². The van der Waals surface area contributed by atoms with Crippen LogP contribution in [0.25, 0.3) is 0 Å². The van der Waals surface area contributed by atoms with Gasteiger partial charge in [0.25, 0.3) is 0 Å². The van der Waals surface area contributed by atoms with Gasteiger partial charge in [-0.25, -0.2) is 4.79 Å². The summed E-state index contributed by atoms with van der Waals surface area (Å²) in [7, 11) is 0. The maximum absolute atomic E-state index is 12.7. The van der Waals surface area contributed by atoms with Crippen molar-refractivity contribution in [2.24, 2.45) is 0 Å². The smallest absolute Gasteiger partial charge is 0.416 e. The molecule has 0 aromatic heterocycles. The van der Waals surface area contributed by atoms with Gasteiger partial charge in [0.2, 0.25) is 0 Å². The van der Waals surface area contributed by atoms with Crippen LogP contribution in [-0.4, -0.2) is 34.7 Å². The Kier molecular flexibility index (Phi) is 4.58. The Morgan fingerprint density at radius 2 is 2.14 bits per heavy atom. The van der Waals surface area contributed by atoms with Gasteiger partial charge in [-0.3, -0.25) is 9.69 Å². The predicted octanol–water partition coefficient (Wildman–Crippen LogP) is 2.89. The van der Waals surface area contributed by atoms with Gasteiger partial charge < -0.3 is 9.84 Å². The van der Waals surface area contributed by atoms with Crippen LogP contribution >= 0.6 is 0 Å². The van der Waals surface area contributed by atoms with Crippen LogP contribution in [0.4, 0.5) is 18.0 Å². The molecule has 22 heavy (non-hydrogen) atoms. The van der Waals surface area contributed by atoms with Crippen molar-refractivity contribution in [2.75, 3.05) is 6.61 Å². The maximum atomic E-state index is 12.7. The van der Waals surface area contributed by atoms with E-state index < -0.39 is 29.8 Å². The molecule has 0 bridgehead atoms. The lowest BCUT2D eigenvalue weighted by Gasteiger charge is -2.21. The van der Waals surface area contributed by atoms with Gasteiger partial charge in [-0.2, -0.15) is 13.2 Å². The van der Waals surface area contributed by atoms with Crippen molar-refractivity contribution in [2.45, 2.75) is 31.6 Å². The van der Waals surface area contributed by atoms with E-state index in [-0.39, 0.29) is 26.0 Å². The molecule has 1 unspecified atom stereocenters. The van der Waals surface area contributed by atoms with Crippen molar-refractivity contribution in [3.63, 3.8) is 0 Å².